The first-order valence-corrected chi connectivity index (χ1v) is 5.12. The van der Waals surface area contributed by atoms with Crippen molar-refractivity contribution in [3.8, 4) is 5.88 Å². The van der Waals surface area contributed by atoms with E-state index >= 15 is 0 Å². The van der Waals surface area contributed by atoms with Gasteiger partial charge in [0.25, 0.3) is 5.91 Å². The molecule has 0 saturated heterocycles. The summed E-state index contributed by atoms with van der Waals surface area (Å²) in [5, 5.41) is 11.6. The van der Waals surface area contributed by atoms with Gasteiger partial charge in [-0.3, -0.25) is 4.79 Å². The molecule has 1 aromatic rings. The van der Waals surface area contributed by atoms with Crippen molar-refractivity contribution in [3.05, 3.63) is 23.9 Å². The van der Waals surface area contributed by atoms with Gasteiger partial charge in [0.2, 0.25) is 5.88 Å². The number of amides is 1. The molecule has 1 aromatic heterocycles. The second kappa shape index (κ2) is 6.82. The van der Waals surface area contributed by atoms with E-state index in [2.05, 4.69) is 10.3 Å². The summed E-state index contributed by atoms with van der Waals surface area (Å²) in [6, 6.07) is 2.77. The van der Waals surface area contributed by atoms with Crippen LogP contribution in [0, 0.1) is 0 Å². The normalized spacial score (nSPS) is 11.9. The zero-order valence-corrected chi connectivity index (χ0v) is 9.84. The van der Waals surface area contributed by atoms with E-state index in [4.69, 9.17) is 14.6 Å². The molecule has 1 rings (SSSR count). The molecule has 1 amide bonds. The van der Waals surface area contributed by atoms with Gasteiger partial charge in [-0.15, -0.1) is 0 Å². The molecule has 0 fully saturated rings. The first kappa shape index (κ1) is 13.4. The van der Waals surface area contributed by atoms with E-state index in [0.29, 0.717) is 11.4 Å². The molecule has 0 aliphatic heterocycles. The van der Waals surface area contributed by atoms with Gasteiger partial charge in [-0.25, -0.2) is 4.98 Å². The van der Waals surface area contributed by atoms with Gasteiger partial charge in [-0.05, 0) is 6.07 Å². The number of carbonyl (C=O) groups excluding carboxylic acids is 1. The highest BCUT2D eigenvalue weighted by molar-refractivity contribution is 5.94. The summed E-state index contributed by atoms with van der Waals surface area (Å²) in [6.07, 6.45) is 1.41. The summed E-state index contributed by atoms with van der Waals surface area (Å²) in [6.45, 7) is 0.0784. The zero-order chi connectivity index (χ0) is 12.7. The minimum absolute atomic E-state index is 0.177. The third kappa shape index (κ3) is 4.01. The molecule has 0 bridgehead atoms. The van der Waals surface area contributed by atoms with Gasteiger partial charge >= 0.3 is 0 Å². The van der Waals surface area contributed by atoms with Gasteiger partial charge in [0.15, 0.2) is 0 Å². The number of methoxy groups -OCH3 is 2. The van der Waals surface area contributed by atoms with Crippen molar-refractivity contribution in [1.82, 2.24) is 10.3 Å². The Kier molecular flexibility index (Phi) is 5.38. The minimum atomic E-state index is -0.422. The van der Waals surface area contributed by atoms with E-state index in [0.717, 1.165) is 0 Å². The van der Waals surface area contributed by atoms with Gasteiger partial charge in [0, 0.05) is 19.4 Å². The quantitative estimate of drug-likeness (QED) is 0.721. The molecular formula is C11H16N2O4. The van der Waals surface area contributed by atoms with Crippen molar-refractivity contribution in [2.75, 3.05) is 27.4 Å². The number of ether oxygens (including phenoxy) is 2. The molecule has 94 valence electrons. The topological polar surface area (TPSA) is 80.7 Å². The van der Waals surface area contributed by atoms with E-state index in [1.165, 1.54) is 20.4 Å². The number of hydrogen-bond acceptors (Lipinski definition) is 5. The lowest BCUT2D eigenvalue weighted by Crippen LogP contribution is -2.40. The zero-order valence-electron chi connectivity index (χ0n) is 9.84. The van der Waals surface area contributed by atoms with Crippen LogP contribution in [0.3, 0.4) is 0 Å². The predicted octanol–water partition coefficient (Wildman–Crippen LogP) is -0.173. The monoisotopic (exact) mass is 240 g/mol. The van der Waals surface area contributed by atoms with Gasteiger partial charge in [0.05, 0.1) is 31.9 Å². The number of hydrogen-bond donors (Lipinski definition) is 2. The smallest absolute Gasteiger partial charge is 0.253 e. The number of rotatable bonds is 6. The van der Waals surface area contributed by atoms with E-state index in [1.54, 1.807) is 12.1 Å². The maximum atomic E-state index is 11.7. The third-order valence-corrected chi connectivity index (χ3v) is 2.13. The van der Waals surface area contributed by atoms with Crippen molar-refractivity contribution >= 4 is 5.91 Å². The molecule has 0 aliphatic rings. The van der Waals surface area contributed by atoms with Crippen LogP contribution >= 0.6 is 0 Å². The summed E-state index contributed by atoms with van der Waals surface area (Å²) in [7, 11) is 3.01. The molecule has 6 nitrogen and oxygen atoms in total. The summed E-state index contributed by atoms with van der Waals surface area (Å²) < 4.78 is 9.74. The molecule has 0 saturated carbocycles. The fraction of sp³-hybridized carbons (Fsp3) is 0.455. The number of carbonyl (C=O) groups is 1. The SMILES string of the molecule is COCC(CO)NC(=O)c1ccc(OC)nc1. The molecule has 2 N–H and O–H groups in total. The Labute approximate surface area is 99.6 Å². The highest BCUT2D eigenvalue weighted by Gasteiger charge is 2.12. The molecule has 0 radical (unpaired) electrons. The standard InChI is InChI=1S/C11H16N2O4/c1-16-7-9(6-14)13-11(15)8-3-4-10(17-2)12-5-8/h3-5,9,14H,6-7H2,1-2H3,(H,13,15). The Hall–Kier alpha value is -1.66. The second-order valence-electron chi connectivity index (χ2n) is 3.40. The average molecular weight is 240 g/mol. The molecule has 1 unspecified atom stereocenters. The second-order valence-corrected chi connectivity index (χ2v) is 3.40. The maximum absolute atomic E-state index is 11.7. The molecule has 0 aromatic carbocycles. The van der Waals surface area contributed by atoms with Gasteiger partial charge in [-0.2, -0.15) is 0 Å². The number of aliphatic hydroxyl groups is 1. The first-order valence-electron chi connectivity index (χ1n) is 5.12. The van der Waals surface area contributed by atoms with Crippen LogP contribution in [0.15, 0.2) is 18.3 Å². The fourth-order valence-corrected chi connectivity index (χ4v) is 1.25. The van der Waals surface area contributed by atoms with Crippen molar-refractivity contribution < 1.29 is 19.4 Å². The molecule has 17 heavy (non-hydrogen) atoms. The highest BCUT2D eigenvalue weighted by atomic mass is 16.5. The van der Waals surface area contributed by atoms with Crippen LogP contribution in [-0.4, -0.2) is 49.5 Å². The summed E-state index contributed by atoms with van der Waals surface area (Å²) in [5.41, 5.74) is 0.403. The number of nitrogens with one attached hydrogen (secondary N) is 1. The van der Waals surface area contributed by atoms with Gasteiger partial charge < -0.3 is 19.9 Å². The van der Waals surface area contributed by atoms with Crippen LogP contribution in [-0.2, 0) is 4.74 Å². The lowest BCUT2D eigenvalue weighted by atomic mass is 10.2. The largest absolute Gasteiger partial charge is 0.481 e. The lowest BCUT2D eigenvalue weighted by Gasteiger charge is -2.14. The van der Waals surface area contributed by atoms with Crippen molar-refractivity contribution in [2.24, 2.45) is 0 Å². The minimum Gasteiger partial charge on any atom is -0.481 e. The van der Waals surface area contributed by atoms with Crippen LogP contribution in [0.2, 0.25) is 0 Å². The lowest BCUT2D eigenvalue weighted by molar-refractivity contribution is 0.0839. The Morgan fingerprint density at radius 2 is 2.29 bits per heavy atom. The highest BCUT2D eigenvalue weighted by Crippen LogP contribution is 2.06. The molecule has 1 atom stereocenters. The number of aromatic nitrogens is 1. The van der Waals surface area contributed by atoms with Gasteiger partial charge in [-0.1, -0.05) is 0 Å². The maximum Gasteiger partial charge on any atom is 0.253 e. The molecule has 0 spiro atoms. The summed E-state index contributed by atoms with van der Waals surface area (Å²) in [5.74, 6) is 0.133. The van der Waals surface area contributed by atoms with E-state index < -0.39 is 6.04 Å². The third-order valence-electron chi connectivity index (χ3n) is 2.13. The van der Waals surface area contributed by atoms with Crippen LogP contribution in [0.1, 0.15) is 10.4 Å². The Balaban J connectivity index is 2.62. The van der Waals surface area contributed by atoms with Crippen LogP contribution in [0.5, 0.6) is 5.88 Å². The van der Waals surface area contributed by atoms with Crippen LogP contribution in [0.25, 0.3) is 0 Å². The van der Waals surface area contributed by atoms with Crippen molar-refractivity contribution in [3.63, 3.8) is 0 Å². The summed E-state index contributed by atoms with van der Waals surface area (Å²) in [4.78, 5) is 15.7. The average Bonchev–Trinajstić information content (AvgIpc) is 2.38. The number of nitrogens with zero attached hydrogens (tertiary/aromatic N) is 1. The van der Waals surface area contributed by atoms with Crippen LogP contribution in [0.4, 0.5) is 0 Å². The van der Waals surface area contributed by atoms with E-state index in [9.17, 15) is 4.79 Å². The van der Waals surface area contributed by atoms with E-state index in [1.807, 2.05) is 0 Å². The van der Waals surface area contributed by atoms with E-state index in [-0.39, 0.29) is 19.1 Å². The fourth-order valence-electron chi connectivity index (χ4n) is 1.25. The van der Waals surface area contributed by atoms with Crippen molar-refractivity contribution in [2.45, 2.75) is 6.04 Å². The Morgan fingerprint density at radius 3 is 2.76 bits per heavy atom. The molecule has 0 aliphatic carbocycles. The molecular weight excluding hydrogens is 224 g/mol. The summed E-state index contributed by atoms with van der Waals surface area (Å²) >= 11 is 0. The molecule has 6 heteroatoms. The van der Waals surface area contributed by atoms with Crippen LogP contribution < -0.4 is 10.1 Å². The predicted molar refractivity (Wildman–Crippen MR) is 61.0 cm³/mol. The number of pyridine rings is 1. The molecule has 1 heterocycles. The van der Waals surface area contributed by atoms with Gasteiger partial charge in [0.1, 0.15) is 0 Å². The first-order chi connectivity index (χ1) is 8.21. The Bertz CT molecular complexity index is 353. The van der Waals surface area contributed by atoms with Crippen molar-refractivity contribution in [1.29, 1.82) is 0 Å². The Morgan fingerprint density at radius 1 is 1.53 bits per heavy atom. The number of aliphatic hydroxyl groups excluding tert-OH is 1.